The van der Waals surface area contributed by atoms with Crippen molar-refractivity contribution >= 4 is 5.91 Å². The number of aliphatic hydroxyl groups excluding tert-OH is 1. The molecule has 0 aliphatic carbocycles. The van der Waals surface area contributed by atoms with Gasteiger partial charge < -0.3 is 34.1 Å². The Balaban J connectivity index is 0.000000231. The lowest BCUT2D eigenvalue weighted by Crippen LogP contribution is -2.53. The molecule has 2 aromatic carbocycles. The van der Waals surface area contributed by atoms with Crippen LogP contribution >= 0.6 is 0 Å². The van der Waals surface area contributed by atoms with Crippen molar-refractivity contribution in [2.24, 2.45) is 23.7 Å². The van der Waals surface area contributed by atoms with E-state index in [0.717, 1.165) is 12.0 Å². The van der Waals surface area contributed by atoms with E-state index < -0.39 is 6.29 Å². The van der Waals surface area contributed by atoms with E-state index in [1.54, 1.807) is 7.11 Å². The fraction of sp³-hybridized carbons (Fsp3) is 0.618. The molecule has 0 radical (unpaired) electrons. The Morgan fingerprint density at radius 2 is 1.29 bits per heavy atom. The highest BCUT2D eigenvalue weighted by Gasteiger charge is 2.42. The number of benzene rings is 2. The highest BCUT2D eigenvalue weighted by molar-refractivity contribution is 5.72. The molecule has 0 bridgehead atoms. The molecule has 2 N–H and O–H groups in total. The smallest absolute Gasteiger partial charge is 0.216 e. The minimum Gasteiger partial charge on any atom is -0.368 e. The molecule has 2 saturated heterocycles. The normalized spacial score (nSPS) is 32.9. The van der Waals surface area contributed by atoms with Crippen molar-refractivity contribution in [2.45, 2.75) is 98.2 Å². The first-order valence-corrected chi connectivity index (χ1v) is 15.2. The SMILES string of the molecule is CC(=O)NCC1OC(O)C(OCc2ccccc2)C(C)C1C.CCC1OC(OC)C(OCc2ccccc2)C(C)C1C. The summed E-state index contributed by atoms with van der Waals surface area (Å²) in [6, 6.07) is 20.1. The molecule has 2 aliphatic heterocycles. The molecule has 8 nitrogen and oxygen atoms in total. The molecule has 8 heteroatoms. The van der Waals surface area contributed by atoms with E-state index in [9.17, 15) is 9.90 Å². The number of carbonyl (C=O) groups excluding carboxylic acids is 1. The fourth-order valence-corrected chi connectivity index (χ4v) is 5.67. The third-order valence-electron chi connectivity index (χ3n) is 8.80. The van der Waals surface area contributed by atoms with Crippen LogP contribution in [0.2, 0.25) is 0 Å². The largest absolute Gasteiger partial charge is 0.368 e. The summed E-state index contributed by atoms with van der Waals surface area (Å²) in [7, 11) is 1.69. The van der Waals surface area contributed by atoms with Gasteiger partial charge in [0.1, 0.15) is 12.2 Å². The summed E-state index contributed by atoms with van der Waals surface area (Å²) in [6.07, 6.45) is -0.570. The molecular formula is C34H51NO7. The van der Waals surface area contributed by atoms with Gasteiger partial charge in [-0.2, -0.15) is 0 Å². The molecular weight excluding hydrogens is 534 g/mol. The van der Waals surface area contributed by atoms with Crippen LogP contribution in [0.15, 0.2) is 60.7 Å². The predicted molar refractivity (Wildman–Crippen MR) is 162 cm³/mol. The van der Waals surface area contributed by atoms with Gasteiger partial charge in [0.2, 0.25) is 5.91 Å². The number of methoxy groups -OCH3 is 1. The van der Waals surface area contributed by atoms with Gasteiger partial charge in [0, 0.05) is 20.6 Å². The Hall–Kier alpha value is -2.33. The van der Waals surface area contributed by atoms with Crippen LogP contribution in [0.1, 0.15) is 59.1 Å². The summed E-state index contributed by atoms with van der Waals surface area (Å²) in [6.45, 7) is 13.7. The molecule has 2 heterocycles. The summed E-state index contributed by atoms with van der Waals surface area (Å²) in [5.41, 5.74) is 2.25. The van der Waals surface area contributed by atoms with E-state index in [2.05, 4.69) is 45.1 Å². The third-order valence-corrected chi connectivity index (χ3v) is 8.80. The van der Waals surface area contributed by atoms with E-state index in [1.165, 1.54) is 12.5 Å². The number of carbonyl (C=O) groups is 1. The van der Waals surface area contributed by atoms with Gasteiger partial charge in [-0.3, -0.25) is 4.79 Å². The van der Waals surface area contributed by atoms with Crippen molar-refractivity contribution in [1.29, 1.82) is 0 Å². The number of hydrogen-bond acceptors (Lipinski definition) is 7. The second kappa shape index (κ2) is 17.1. The number of aliphatic hydroxyl groups is 1. The molecule has 1 amide bonds. The lowest BCUT2D eigenvalue weighted by atomic mass is 9.82. The van der Waals surface area contributed by atoms with Crippen LogP contribution < -0.4 is 5.32 Å². The molecule has 42 heavy (non-hydrogen) atoms. The first-order chi connectivity index (χ1) is 20.2. The fourth-order valence-electron chi connectivity index (χ4n) is 5.67. The number of ether oxygens (including phenoxy) is 5. The molecule has 2 fully saturated rings. The highest BCUT2D eigenvalue weighted by atomic mass is 16.7. The van der Waals surface area contributed by atoms with Crippen molar-refractivity contribution in [1.82, 2.24) is 5.32 Å². The topological polar surface area (TPSA) is 95.5 Å². The molecule has 234 valence electrons. The van der Waals surface area contributed by atoms with Gasteiger partial charge in [-0.1, -0.05) is 95.3 Å². The second-order valence-corrected chi connectivity index (χ2v) is 11.6. The van der Waals surface area contributed by atoms with E-state index >= 15 is 0 Å². The molecule has 2 aromatic rings. The first-order valence-electron chi connectivity index (χ1n) is 15.2. The van der Waals surface area contributed by atoms with Gasteiger partial charge >= 0.3 is 0 Å². The maximum Gasteiger partial charge on any atom is 0.216 e. The number of nitrogens with one attached hydrogen (secondary N) is 1. The second-order valence-electron chi connectivity index (χ2n) is 11.6. The predicted octanol–water partition coefficient (Wildman–Crippen LogP) is 5.32. The van der Waals surface area contributed by atoms with Crippen LogP contribution in [-0.2, 0) is 41.7 Å². The summed E-state index contributed by atoms with van der Waals surface area (Å²) in [5, 5.41) is 13.0. The Labute approximate surface area is 252 Å². The summed E-state index contributed by atoms with van der Waals surface area (Å²) >= 11 is 0. The molecule has 2 aliphatic rings. The van der Waals surface area contributed by atoms with Crippen LogP contribution in [0.3, 0.4) is 0 Å². The lowest BCUT2D eigenvalue weighted by molar-refractivity contribution is -0.274. The maximum absolute atomic E-state index is 11.0. The zero-order valence-electron chi connectivity index (χ0n) is 26.3. The van der Waals surface area contributed by atoms with Crippen molar-refractivity contribution in [3.8, 4) is 0 Å². The summed E-state index contributed by atoms with van der Waals surface area (Å²) in [4.78, 5) is 11.0. The zero-order valence-corrected chi connectivity index (χ0v) is 26.3. The number of amides is 1. The van der Waals surface area contributed by atoms with Gasteiger partial charge in [-0.05, 0) is 41.2 Å². The molecule has 10 atom stereocenters. The van der Waals surface area contributed by atoms with Crippen molar-refractivity contribution in [2.75, 3.05) is 13.7 Å². The van der Waals surface area contributed by atoms with Crippen LogP contribution in [0.5, 0.6) is 0 Å². The highest BCUT2D eigenvalue weighted by Crippen LogP contribution is 2.35. The zero-order chi connectivity index (χ0) is 30.6. The van der Waals surface area contributed by atoms with Crippen LogP contribution in [-0.4, -0.2) is 61.7 Å². The van der Waals surface area contributed by atoms with Crippen LogP contribution in [0.4, 0.5) is 0 Å². The summed E-state index contributed by atoms with van der Waals surface area (Å²) in [5.74, 6) is 1.11. The molecule has 0 spiro atoms. The Kier molecular flexibility index (Phi) is 13.9. The van der Waals surface area contributed by atoms with Gasteiger partial charge in [-0.15, -0.1) is 0 Å². The third kappa shape index (κ3) is 9.59. The van der Waals surface area contributed by atoms with E-state index in [4.69, 9.17) is 23.7 Å². The average molecular weight is 586 g/mol. The average Bonchev–Trinajstić information content (AvgIpc) is 3.00. The summed E-state index contributed by atoms with van der Waals surface area (Å²) < 4.78 is 29.1. The molecule has 0 saturated carbocycles. The minimum absolute atomic E-state index is 0.0157. The van der Waals surface area contributed by atoms with Gasteiger partial charge in [0.15, 0.2) is 12.6 Å². The number of rotatable bonds is 10. The quantitative estimate of drug-likeness (QED) is 0.390. The van der Waals surface area contributed by atoms with Gasteiger partial charge in [0.05, 0.1) is 25.4 Å². The molecule has 4 rings (SSSR count). The Morgan fingerprint density at radius 3 is 1.79 bits per heavy atom. The van der Waals surface area contributed by atoms with Crippen LogP contribution in [0, 0.1) is 23.7 Å². The molecule has 0 aromatic heterocycles. The first kappa shape index (κ1) is 34.2. The molecule has 10 unspecified atom stereocenters. The standard InChI is InChI=1S/C17H25NO4.C17H26O3/c1-11-12(2)16(21-10-14-7-5-4-6-8-14)17(20)22-15(11)9-18-13(3)19;1-5-15-12(2)13(3)16(17(18-4)20-15)19-11-14-9-7-6-8-10-14/h4-8,11-12,15-17,20H,9-10H2,1-3H3,(H,18,19);6-10,12-13,15-17H,5,11H2,1-4H3. The van der Waals surface area contributed by atoms with Crippen molar-refractivity contribution in [3.63, 3.8) is 0 Å². The van der Waals surface area contributed by atoms with Crippen molar-refractivity contribution < 1.29 is 33.6 Å². The monoisotopic (exact) mass is 585 g/mol. The van der Waals surface area contributed by atoms with E-state index in [-0.39, 0.29) is 48.4 Å². The van der Waals surface area contributed by atoms with E-state index in [0.29, 0.717) is 31.6 Å². The maximum atomic E-state index is 11.0. The van der Waals surface area contributed by atoms with Crippen molar-refractivity contribution in [3.05, 3.63) is 71.8 Å². The van der Waals surface area contributed by atoms with Gasteiger partial charge in [0.25, 0.3) is 0 Å². The Morgan fingerprint density at radius 1 is 0.786 bits per heavy atom. The van der Waals surface area contributed by atoms with Gasteiger partial charge in [-0.25, -0.2) is 0 Å². The number of hydrogen-bond donors (Lipinski definition) is 2. The van der Waals surface area contributed by atoms with Crippen LogP contribution in [0.25, 0.3) is 0 Å². The lowest BCUT2D eigenvalue weighted by Gasteiger charge is -2.43. The minimum atomic E-state index is -0.978. The van der Waals surface area contributed by atoms with E-state index in [1.807, 2.05) is 55.5 Å². The Bertz CT molecular complexity index is 1040.